The quantitative estimate of drug-likeness (QED) is 0.368. The number of anilines is 1. The lowest BCUT2D eigenvalue weighted by Crippen LogP contribution is -2.49. The molecule has 1 amide bonds. The molecule has 0 radical (unpaired) electrons. The van der Waals surface area contributed by atoms with Gasteiger partial charge in [0.05, 0.1) is 18.4 Å². The summed E-state index contributed by atoms with van der Waals surface area (Å²) in [6.45, 7) is 4.45. The molecule has 2 bridgehead atoms. The van der Waals surface area contributed by atoms with Crippen molar-refractivity contribution < 1.29 is 23.6 Å². The number of methoxy groups -OCH3 is 1. The minimum atomic E-state index is -3.24. The first-order chi connectivity index (χ1) is 21.7. The number of aryl methyl sites for hydroxylation is 1. The number of benzene rings is 2. The highest BCUT2D eigenvalue weighted by molar-refractivity contribution is 7.92. The number of hydrogen-bond donors (Lipinski definition) is 3. The van der Waals surface area contributed by atoms with E-state index in [0.29, 0.717) is 37.0 Å². The smallest absolute Gasteiger partial charge is 0.286 e. The van der Waals surface area contributed by atoms with Crippen molar-refractivity contribution in [3.05, 3.63) is 58.1 Å². The second kappa shape index (κ2) is 13.9. The monoisotopic (exact) mass is 658 g/mol. The number of aliphatic hydroxyl groups is 1. The predicted molar refractivity (Wildman–Crippen MR) is 178 cm³/mol. The Balaban J connectivity index is 1.41. The lowest BCUT2D eigenvalue weighted by molar-refractivity contribution is -0.0220. The van der Waals surface area contributed by atoms with Gasteiger partial charge in [-0.15, -0.1) is 4.36 Å². The molecule has 0 aromatic heterocycles. The summed E-state index contributed by atoms with van der Waals surface area (Å²) in [5.41, 5.74) is 3.60. The molecule has 2 unspecified atom stereocenters. The third kappa shape index (κ3) is 7.06. The fraction of sp³-hybridized carbons (Fsp3) is 0.618. The van der Waals surface area contributed by atoms with Crippen LogP contribution in [0.25, 0.3) is 0 Å². The van der Waals surface area contributed by atoms with Gasteiger partial charge in [-0.3, -0.25) is 10.1 Å². The van der Waals surface area contributed by atoms with Gasteiger partial charge >= 0.3 is 0 Å². The molecule has 1 fully saturated rings. The van der Waals surface area contributed by atoms with Crippen molar-refractivity contribution in [3.8, 4) is 5.75 Å². The van der Waals surface area contributed by atoms with E-state index < -0.39 is 22.2 Å². The zero-order chi connectivity index (χ0) is 31.6. The van der Waals surface area contributed by atoms with Crippen LogP contribution in [0, 0.1) is 11.8 Å². The summed E-state index contributed by atoms with van der Waals surface area (Å²) in [7, 11) is -1.42. The molecular formula is C34H47ClN4O5S. The lowest BCUT2D eigenvalue weighted by Gasteiger charge is -2.46. The molecule has 9 nitrogen and oxygen atoms in total. The van der Waals surface area contributed by atoms with E-state index in [1.807, 2.05) is 32.2 Å². The molecule has 0 saturated heterocycles. The van der Waals surface area contributed by atoms with Crippen LogP contribution in [0.15, 0.2) is 40.8 Å². The van der Waals surface area contributed by atoms with E-state index in [4.69, 9.17) is 21.1 Å². The molecule has 11 heteroatoms. The number of aliphatic hydroxyl groups excluding tert-OH is 1. The first-order valence-corrected chi connectivity index (χ1v) is 18.6. The van der Waals surface area contributed by atoms with Crippen molar-refractivity contribution in [1.29, 1.82) is 0 Å². The van der Waals surface area contributed by atoms with Crippen LogP contribution in [0.3, 0.4) is 0 Å². The largest absolute Gasteiger partial charge is 0.490 e. The van der Waals surface area contributed by atoms with Crippen molar-refractivity contribution in [2.24, 2.45) is 16.2 Å². The number of carbonyl (C=O) groups is 1. The number of ether oxygens (including phenoxy) is 2. The van der Waals surface area contributed by atoms with Crippen LogP contribution in [0.2, 0.25) is 5.02 Å². The fourth-order valence-corrected chi connectivity index (χ4v) is 9.75. The van der Waals surface area contributed by atoms with Crippen molar-refractivity contribution in [3.63, 3.8) is 0 Å². The minimum absolute atomic E-state index is 0.164. The second-order valence-electron chi connectivity index (χ2n) is 13.2. The maximum absolute atomic E-state index is 14.0. The van der Waals surface area contributed by atoms with Gasteiger partial charge in [0.25, 0.3) is 5.91 Å². The molecule has 6 atom stereocenters. The molecule has 45 heavy (non-hydrogen) atoms. The normalized spacial score (nSPS) is 31.1. The number of nitrogens with one attached hydrogen (secondary N) is 2. The number of nitrogens with zero attached hydrogens (tertiary/aromatic N) is 2. The topological polar surface area (TPSA) is 112 Å². The van der Waals surface area contributed by atoms with Crippen molar-refractivity contribution in [2.45, 2.75) is 82.6 Å². The second-order valence-corrected chi connectivity index (χ2v) is 15.8. The molecule has 6 rings (SSSR count). The molecule has 2 aromatic rings. The standard InChI is InChI=1S/C34H47ClN4O5S/c1-3-36-33(41)38-45(42)17-6-4-5-9-30(43-2)27-13-10-25(27)20-39-21-34(16-7-8-23-18-26(35)12-14-28(23)34)22-44-31-15-11-24(19-29(31)39)32(40)37-45/h11-12,14-15,18-19,25,27,30,33,36,41H,3-10,13,16-17,20-22H2,1-2H3,(H,37,38,40,42)/t25-,27+,30-,33?,34-,45?/m0/s1. The Morgan fingerprint density at radius 3 is 2.82 bits per heavy atom. The van der Waals surface area contributed by atoms with E-state index in [2.05, 4.69) is 31.4 Å². The molecule has 2 aliphatic heterocycles. The van der Waals surface area contributed by atoms with Gasteiger partial charge in [-0.2, -0.15) is 4.72 Å². The zero-order valence-corrected chi connectivity index (χ0v) is 28.0. The summed E-state index contributed by atoms with van der Waals surface area (Å²) in [4.78, 5) is 16.1. The number of amides is 1. The molecule has 1 spiro atoms. The number of halogens is 1. The Kier molecular flexibility index (Phi) is 10.1. The van der Waals surface area contributed by atoms with Crippen LogP contribution in [0.5, 0.6) is 5.75 Å². The predicted octanol–water partition coefficient (Wildman–Crippen LogP) is 5.43. The molecule has 246 valence electrons. The van der Waals surface area contributed by atoms with Gasteiger partial charge in [-0.1, -0.05) is 37.4 Å². The van der Waals surface area contributed by atoms with Crippen molar-refractivity contribution >= 4 is 33.1 Å². The lowest BCUT2D eigenvalue weighted by atomic mass is 9.68. The first kappa shape index (κ1) is 32.7. The van der Waals surface area contributed by atoms with Crippen LogP contribution >= 0.6 is 11.6 Å². The maximum atomic E-state index is 14.0. The number of carbonyl (C=O) groups excluding carboxylic acids is 1. The van der Waals surface area contributed by atoms with Crippen LogP contribution in [-0.4, -0.2) is 66.8 Å². The van der Waals surface area contributed by atoms with Crippen molar-refractivity contribution in [1.82, 2.24) is 10.0 Å². The van der Waals surface area contributed by atoms with Crippen LogP contribution in [0.1, 0.15) is 79.8 Å². The average Bonchev–Trinajstić information content (AvgIpc) is 3.14. The van der Waals surface area contributed by atoms with E-state index >= 15 is 0 Å². The summed E-state index contributed by atoms with van der Waals surface area (Å²) in [5, 5.41) is 14.0. The van der Waals surface area contributed by atoms with Gasteiger partial charge < -0.3 is 19.5 Å². The SMILES string of the molecule is CCNC(O)NS1(=O)=NC(=O)c2ccc3c(c2)N(C[C@@H]2CC[C@H]2[C@@H](OC)CCCCC1)C[C@@]1(CCCc2cc(Cl)ccc21)CO3. The third-order valence-corrected chi connectivity index (χ3v) is 12.5. The highest BCUT2D eigenvalue weighted by atomic mass is 35.5. The molecule has 2 aromatic carbocycles. The van der Waals surface area contributed by atoms with E-state index in [0.717, 1.165) is 80.9 Å². The highest BCUT2D eigenvalue weighted by Crippen LogP contribution is 2.47. The van der Waals surface area contributed by atoms with Crippen molar-refractivity contribution in [2.75, 3.05) is 44.0 Å². The summed E-state index contributed by atoms with van der Waals surface area (Å²) in [5.74, 6) is 1.27. The first-order valence-electron chi connectivity index (χ1n) is 16.5. The van der Waals surface area contributed by atoms with Crippen LogP contribution in [-0.2, 0) is 26.5 Å². The third-order valence-electron chi connectivity index (χ3n) is 10.3. The van der Waals surface area contributed by atoms with E-state index in [-0.39, 0.29) is 17.3 Å². The van der Waals surface area contributed by atoms with E-state index in [1.165, 1.54) is 11.1 Å². The minimum Gasteiger partial charge on any atom is -0.490 e. The van der Waals surface area contributed by atoms with E-state index in [9.17, 15) is 14.1 Å². The summed E-state index contributed by atoms with van der Waals surface area (Å²) >= 11 is 6.43. The Morgan fingerprint density at radius 2 is 2.04 bits per heavy atom. The number of fused-ring (bicyclic) bond motifs is 4. The Bertz CT molecular complexity index is 1510. The molecular weight excluding hydrogens is 612 g/mol. The van der Waals surface area contributed by atoms with E-state index in [1.54, 1.807) is 6.07 Å². The fourth-order valence-electron chi connectivity index (χ4n) is 7.89. The maximum Gasteiger partial charge on any atom is 0.286 e. The molecule has 4 aliphatic rings. The molecule has 3 N–H and O–H groups in total. The summed E-state index contributed by atoms with van der Waals surface area (Å²) < 4.78 is 33.6. The van der Waals surface area contributed by atoms with Gasteiger partial charge in [0.1, 0.15) is 15.7 Å². The Morgan fingerprint density at radius 1 is 1.18 bits per heavy atom. The molecule has 2 heterocycles. The highest BCUT2D eigenvalue weighted by Gasteiger charge is 2.44. The Hall–Kier alpha value is -2.21. The van der Waals surface area contributed by atoms with Gasteiger partial charge in [0.15, 0.2) is 6.35 Å². The Labute approximate surface area is 272 Å². The van der Waals surface area contributed by atoms with Crippen LogP contribution in [0.4, 0.5) is 5.69 Å². The number of rotatable bonds is 5. The summed E-state index contributed by atoms with van der Waals surface area (Å²) in [6.07, 6.45) is 7.61. The summed E-state index contributed by atoms with van der Waals surface area (Å²) in [6, 6.07) is 11.7. The van der Waals surface area contributed by atoms with Gasteiger partial charge in [-0.05, 0) is 105 Å². The van der Waals surface area contributed by atoms with Gasteiger partial charge in [0.2, 0.25) is 0 Å². The number of hydrogen-bond acceptors (Lipinski definition) is 7. The van der Waals surface area contributed by atoms with Gasteiger partial charge in [-0.25, -0.2) is 4.21 Å². The molecule has 1 saturated carbocycles. The average molecular weight is 659 g/mol. The van der Waals surface area contributed by atoms with Gasteiger partial charge in [0, 0.05) is 42.0 Å². The zero-order valence-electron chi connectivity index (χ0n) is 26.4. The molecule has 2 aliphatic carbocycles. The van der Waals surface area contributed by atoms with Crippen LogP contribution < -0.4 is 19.7 Å².